The van der Waals surface area contributed by atoms with E-state index in [0.29, 0.717) is 12.8 Å². The summed E-state index contributed by atoms with van der Waals surface area (Å²) in [4.78, 5) is 37.0. The third kappa shape index (κ3) is 43.3. The van der Waals surface area contributed by atoms with Crippen LogP contribution in [0.25, 0.3) is 0 Å². The summed E-state index contributed by atoms with van der Waals surface area (Å²) >= 11 is 0. The molecular weight excluding hydrogens is 775 g/mol. The lowest BCUT2D eigenvalue weighted by molar-refractivity contribution is -0.889. The summed E-state index contributed by atoms with van der Waals surface area (Å²) in [5.41, 5.74) is 0. The van der Waals surface area contributed by atoms with Gasteiger partial charge in [0.15, 0.2) is 6.10 Å². The first-order valence-corrected chi connectivity index (χ1v) is 26.7. The number of hydrogen-bond acceptors (Lipinski definition) is 7. The average molecular weight is 878 g/mol. The minimum Gasteiger partial charge on any atom is -0.544 e. The second-order valence-corrected chi connectivity index (χ2v) is 19.5. The highest BCUT2D eigenvalue weighted by molar-refractivity contribution is 5.70. The number of carbonyl (C=O) groups excluding carboxylic acids is 3. The first-order valence-electron chi connectivity index (χ1n) is 26.7. The van der Waals surface area contributed by atoms with Crippen LogP contribution in [0.2, 0.25) is 0 Å². The van der Waals surface area contributed by atoms with Crippen LogP contribution in [0, 0.1) is 0 Å². The number of nitrogens with zero attached hydrogens (tertiary/aromatic N) is 1. The Morgan fingerprint density at radius 2 is 0.806 bits per heavy atom. The van der Waals surface area contributed by atoms with Crippen LogP contribution in [0.3, 0.4) is 0 Å². The highest BCUT2D eigenvalue weighted by atomic mass is 16.6. The number of carboxylic acids is 1. The molecule has 8 heteroatoms. The number of aliphatic carboxylic acids is 1. The van der Waals surface area contributed by atoms with Crippen LogP contribution in [0.1, 0.15) is 264 Å². The third-order valence-corrected chi connectivity index (χ3v) is 12.4. The number of carbonyl (C=O) groups is 3. The number of allylic oxidation sites excluding steroid dienone is 2. The van der Waals surface area contributed by atoms with Gasteiger partial charge in [0.2, 0.25) is 0 Å². The fraction of sp³-hybridized carbons (Fsp3) is 0.907. The van der Waals surface area contributed by atoms with Crippen molar-refractivity contribution in [3.63, 3.8) is 0 Å². The Hall–Kier alpha value is -1.93. The largest absolute Gasteiger partial charge is 0.544 e. The van der Waals surface area contributed by atoms with E-state index in [2.05, 4.69) is 26.0 Å². The van der Waals surface area contributed by atoms with Gasteiger partial charge in [0, 0.05) is 19.3 Å². The van der Waals surface area contributed by atoms with E-state index in [1.165, 1.54) is 193 Å². The van der Waals surface area contributed by atoms with E-state index < -0.39 is 18.1 Å². The first kappa shape index (κ1) is 60.1. The Balaban J connectivity index is 4.18. The molecule has 8 nitrogen and oxygen atoms in total. The topological polar surface area (TPSA) is 102 Å². The fourth-order valence-electron chi connectivity index (χ4n) is 8.25. The average Bonchev–Trinajstić information content (AvgIpc) is 3.23. The Labute approximate surface area is 384 Å². The molecule has 62 heavy (non-hydrogen) atoms. The molecule has 0 aromatic carbocycles. The van der Waals surface area contributed by atoms with Crippen molar-refractivity contribution in [2.24, 2.45) is 0 Å². The Bertz CT molecular complexity index is 1020. The number of carboxylic acid groups (broad SMARTS) is 1. The summed E-state index contributed by atoms with van der Waals surface area (Å²) in [6.07, 6.45) is 51.0. The number of esters is 2. The summed E-state index contributed by atoms with van der Waals surface area (Å²) in [6, 6.07) is -0.723. The van der Waals surface area contributed by atoms with Crippen molar-refractivity contribution in [3.05, 3.63) is 12.2 Å². The number of rotatable bonds is 49. The SMILES string of the molecule is CCCCCCCC/C=C/CCCCCCCCCC(=O)OCC(COCCC(C(=O)[O-])[N+](C)(C)C)OC(=O)CCCCCCCCCCCCCCCCCCCCCCC. The molecule has 0 bridgehead atoms. The molecule has 0 spiro atoms. The number of ether oxygens (including phenoxy) is 3. The number of hydrogen-bond donors (Lipinski definition) is 0. The zero-order valence-corrected chi connectivity index (χ0v) is 41.8. The molecule has 366 valence electrons. The van der Waals surface area contributed by atoms with Gasteiger partial charge >= 0.3 is 11.9 Å². The van der Waals surface area contributed by atoms with Gasteiger partial charge in [-0.25, -0.2) is 0 Å². The van der Waals surface area contributed by atoms with Crippen LogP contribution < -0.4 is 5.11 Å². The molecular formula is C54H103NO7. The number of unbranched alkanes of at least 4 members (excludes halogenated alkanes) is 33. The lowest BCUT2D eigenvalue weighted by Gasteiger charge is -2.34. The summed E-state index contributed by atoms with van der Waals surface area (Å²) < 4.78 is 17.3. The normalized spacial score (nSPS) is 12.9. The van der Waals surface area contributed by atoms with Crippen LogP contribution in [0.15, 0.2) is 12.2 Å². The van der Waals surface area contributed by atoms with Crippen LogP contribution in [0.4, 0.5) is 0 Å². The molecule has 0 saturated carbocycles. The zero-order chi connectivity index (χ0) is 45.6. The summed E-state index contributed by atoms with van der Waals surface area (Å²) in [7, 11) is 5.43. The van der Waals surface area contributed by atoms with Crippen molar-refractivity contribution in [1.82, 2.24) is 0 Å². The molecule has 0 N–H and O–H groups in total. The molecule has 0 amide bonds. The first-order chi connectivity index (χ1) is 30.1. The van der Waals surface area contributed by atoms with Gasteiger partial charge in [-0.1, -0.05) is 219 Å². The van der Waals surface area contributed by atoms with E-state index in [1.54, 1.807) is 0 Å². The second-order valence-electron chi connectivity index (χ2n) is 19.5. The molecule has 0 fully saturated rings. The highest BCUT2D eigenvalue weighted by Gasteiger charge is 2.25. The quantitative estimate of drug-likeness (QED) is 0.0260. The minimum absolute atomic E-state index is 0.0458. The molecule has 0 aliphatic carbocycles. The molecule has 2 unspecified atom stereocenters. The van der Waals surface area contributed by atoms with Gasteiger partial charge in [-0.15, -0.1) is 0 Å². The summed E-state index contributed by atoms with van der Waals surface area (Å²) in [6.45, 7) is 4.71. The maximum absolute atomic E-state index is 12.8. The van der Waals surface area contributed by atoms with E-state index in [1.807, 2.05) is 21.1 Å². The smallest absolute Gasteiger partial charge is 0.306 e. The van der Waals surface area contributed by atoms with Crippen LogP contribution in [0.5, 0.6) is 0 Å². The zero-order valence-electron chi connectivity index (χ0n) is 41.8. The van der Waals surface area contributed by atoms with Crippen molar-refractivity contribution >= 4 is 17.9 Å². The summed E-state index contributed by atoms with van der Waals surface area (Å²) in [5, 5.41) is 11.7. The molecule has 0 saturated heterocycles. The minimum atomic E-state index is -1.12. The maximum atomic E-state index is 12.8. The van der Waals surface area contributed by atoms with Crippen LogP contribution in [-0.2, 0) is 28.6 Å². The van der Waals surface area contributed by atoms with Gasteiger partial charge < -0.3 is 28.6 Å². The monoisotopic (exact) mass is 878 g/mol. The molecule has 2 atom stereocenters. The predicted molar refractivity (Wildman–Crippen MR) is 259 cm³/mol. The number of quaternary nitrogens is 1. The summed E-state index contributed by atoms with van der Waals surface area (Å²) in [5.74, 6) is -1.72. The predicted octanol–water partition coefficient (Wildman–Crippen LogP) is 14.1. The molecule has 0 radical (unpaired) electrons. The van der Waals surface area contributed by atoms with Gasteiger partial charge in [0.05, 0.1) is 40.3 Å². The van der Waals surface area contributed by atoms with Crippen LogP contribution >= 0.6 is 0 Å². The van der Waals surface area contributed by atoms with E-state index in [4.69, 9.17) is 14.2 Å². The standard InChI is InChI=1S/C54H103NO7/c1-6-8-10-12-14-16-18-20-22-24-25-26-27-29-31-33-35-37-39-41-43-45-53(57)62-50(48-60-47-46-51(54(58)59)55(3,4)5)49-61-52(56)44-42-40-38-36-34-32-30-28-23-21-19-17-15-13-11-9-7-2/h21,23,50-51H,6-20,22,24-49H2,1-5H3/b23-21+. The molecule has 0 aliphatic heterocycles. The Morgan fingerprint density at radius 1 is 0.468 bits per heavy atom. The molecule has 0 aromatic rings. The lowest BCUT2D eigenvalue weighted by Crippen LogP contribution is -2.55. The third-order valence-electron chi connectivity index (χ3n) is 12.4. The highest BCUT2D eigenvalue weighted by Crippen LogP contribution is 2.17. The van der Waals surface area contributed by atoms with Crippen molar-refractivity contribution < 1.29 is 38.2 Å². The van der Waals surface area contributed by atoms with Gasteiger partial charge in [0.1, 0.15) is 12.6 Å². The van der Waals surface area contributed by atoms with Crippen molar-refractivity contribution in [1.29, 1.82) is 0 Å². The Morgan fingerprint density at radius 3 is 1.16 bits per heavy atom. The molecule has 0 heterocycles. The van der Waals surface area contributed by atoms with Crippen molar-refractivity contribution in [2.75, 3.05) is 41.0 Å². The molecule has 0 aliphatic rings. The van der Waals surface area contributed by atoms with Crippen molar-refractivity contribution in [2.45, 2.75) is 276 Å². The van der Waals surface area contributed by atoms with Gasteiger partial charge in [0.25, 0.3) is 0 Å². The fourth-order valence-corrected chi connectivity index (χ4v) is 8.25. The van der Waals surface area contributed by atoms with Gasteiger partial charge in [-0.3, -0.25) is 9.59 Å². The molecule has 0 aromatic heterocycles. The molecule has 0 rings (SSSR count). The van der Waals surface area contributed by atoms with E-state index in [9.17, 15) is 19.5 Å². The Kier molecular flexibility index (Phi) is 44.2. The maximum Gasteiger partial charge on any atom is 0.306 e. The van der Waals surface area contributed by atoms with Gasteiger partial charge in [-0.2, -0.15) is 0 Å². The van der Waals surface area contributed by atoms with E-state index in [-0.39, 0.29) is 42.7 Å². The lowest BCUT2D eigenvalue weighted by atomic mass is 10.0. The van der Waals surface area contributed by atoms with Gasteiger partial charge in [-0.05, 0) is 38.5 Å². The van der Waals surface area contributed by atoms with Crippen molar-refractivity contribution in [3.8, 4) is 0 Å². The number of likely N-dealkylation sites (N-methyl/N-ethyl adjacent to an activating group) is 1. The van der Waals surface area contributed by atoms with E-state index >= 15 is 0 Å². The second kappa shape index (κ2) is 45.6. The van der Waals surface area contributed by atoms with Crippen LogP contribution in [-0.4, -0.2) is 75.5 Å². The van der Waals surface area contributed by atoms with E-state index in [0.717, 1.165) is 38.5 Å².